The first-order valence-electron chi connectivity index (χ1n) is 7.91. The van der Waals surface area contributed by atoms with E-state index < -0.39 is 25.2 Å². The molecule has 5 nitrogen and oxygen atoms in total. The maximum absolute atomic E-state index is 12.8. The van der Waals surface area contributed by atoms with Crippen LogP contribution in [0.3, 0.4) is 0 Å². The van der Waals surface area contributed by atoms with Crippen molar-refractivity contribution < 1.29 is 36.6 Å². The predicted molar refractivity (Wildman–Crippen MR) is 86.0 cm³/mol. The van der Waals surface area contributed by atoms with Crippen LogP contribution in [-0.2, 0) is 13.5 Å². The topological polar surface area (TPSA) is 64.3 Å². The molecule has 0 fully saturated rings. The molecule has 0 radical (unpaired) electrons. The third-order valence-corrected chi connectivity index (χ3v) is 3.93. The smallest absolute Gasteiger partial charge is 0.389 e. The molecule has 0 saturated heterocycles. The van der Waals surface area contributed by atoms with Gasteiger partial charge in [-0.3, -0.25) is 4.68 Å². The SMILES string of the molecule is Cc1c(C(=O)O)nn(C)c1-c1ccc(CCCC(F)(F)F)cc1OC(F)F. The first-order valence-corrected chi connectivity index (χ1v) is 7.91. The molecule has 0 atom stereocenters. The molecule has 0 aliphatic heterocycles. The van der Waals surface area contributed by atoms with Crippen molar-refractivity contribution in [3.8, 4) is 17.0 Å². The lowest BCUT2D eigenvalue weighted by Crippen LogP contribution is -2.08. The first-order chi connectivity index (χ1) is 12.5. The van der Waals surface area contributed by atoms with Crippen LogP contribution >= 0.6 is 0 Å². The van der Waals surface area contributed by atoms with Crippen molar-refractivity contribution in [1.29, 1.82) is 0 Å². The number of aromatic nitrogens is 2. The van der Waals surface area contributed by atoms with E-state index in [1.165, 1.54) is 36.9 Å². The lowest BCUT2D eigenvalue weighted by Gasteiger charge is -2.14. The van der Waals surface area contributed by atoms with Gasteiger partial charge >= 0.3 is 18.8 Å². The van der Waals surface area contributed by atoms with Gasteiger partial charge in [-0.05, 0) is 37.5 Å². The van der Waals surface area contributed by atoms with Gasteiger partial charge in [-0.15, -0.1) is 0 Å². The van der Waals surface area contributed by atoms with Crippen molar-refractivity contribution in [2.24, 2.45) is 7.05 Å². The molecule has 0 aliphatic carbocycles. The second-order valence-electron chi connectivity index (χ2n) is 5.93. The number of aromatic carboxylic acids is 1. The Balaban J connectivity index is 2.41. The minimum absolute atomic E-state index is 0.0319. The lowest BCUT2D eigenvalue weighted by atomic mass is 10.0. The van der Waals surface area contributed by atoms with Gasteiger partial charge in [0, 0.05) is 24.6 Å². The number of nitrogens with zero attached hydrogens (tertiary/aromatic N) is 2. The van der Waals surface area contributed by atoms with Crippen LogP contribution < -0.4 is 4.74 Å². The Hall–Kier alpha value is -2.65. The van der Waals surface area contributed by atoms with Crippen molar-refractivity contribution in [2.75, 3.05) is 0 Å². The monoisotopic (exact) mass is 392 g/mol. The van der Waals surface area contributed by atoms with Gasteiger partial charge in [0.05, 0.1) is 5.69 Å². The van der Waals surface area contributed by atoms with Gasteiger partial charge in [0.1, 0.15) is 5.75 Å². The van der Waals surface area contributed by atoms with E-state index in [9.17, 15) is 26.7 Å². The van der Waals surface area contributed by atoms with Crippen LogP contribution in [0.5, 0.6) is 5.75 Å². The molecule has 1 aromatic carbocycles. The van der Waals surface area contributed by atoms with Crippen LogP contribution in [0.2, 0.25) is 0 Å². The van der Waals surface area contributed by atoms with Gasteiger partial charge in [-0.25, -0.2) is 4.79 Å². The average Bonchev–Trinajstić information content (AvgIpc) is 2.81. The number of alkyl halides is 5. The summed E-state index contributed by atoms with van der Waals surface area (Å²) in [5, 5.41) is 13.0. The van der Waals surface area contributed by atoms with Crippen LogP contribution in [0, 0.1) is 6.92 Å². The molecule has 27 heavy (non-hydrogen) atoms. The molecule has 0 spiro atoms. The van der Waals surface area contributed by atoms with Crippen LogP contribution in [0.1, 0.15) is 34.5 Å². The van der Waals surface area contributed by atoms with E-state index in [-0.39, 0.29) is 41.1 Å². The lowest BCUT2D eigenvalue weighted by molar-refractivity contribution is -0.135. The van der Waals surface area contributed by atoms with Crippen molar-refractivity contribution in [1.82, 2.24) is 9.78 Å². The van der Waals surface area contributed by atoms with Crippen LogP contribution in [-0.4, -0.2) is 33.6 Å². The molecule has 0 saturated carbocycles. The molecule has 2 aromatic rings. The van der Waals surface area contributed by atoms with E-state index in [0.29, 0.717) is 5.56 Å². The minimum atomic E-state index is -4.29. The molecular weight excluding hydrogens is 375 g/mol. The van der Waals surface area contributed by atoms with Crippen LogP contribution in [0.25, 0.3) is 11.3 Å². The number of carboxylic acid groups (broad SMARTS) is 1. The minimum Gasteiger partial charge on any atom is -0.476 e. The molecule has 0 unspecified atom stereocenters. The van der Waals surface area contributed by atoms with Gasteiger partial charge < -0.3 is 9.84 Å². The number of hydrogen-bond acceptors (Lipinski definition) is 3. The summed E-state index contributed by atoms with van der Waals surface area (Å²) in [5.41, 5.74) is 0.871. The maximum Gasteiger partial charge on any atom is 0.389 e. The Morgan fingerprint density at radius 3 is 2.52 bits per heavy atom. The zero-order chi connectivity index (χ0) is 20.4. The number of carboxylic acids is 1. The molecule has 10 heteroatoms. The van der Waals surface area contributed by atoms with Gasteiger partial charge in [0.25, 0.3) is 0 Å². The molecule has 1 N–H and O–H groups in total. The highest BCUT2D eigenvalue weighted by atomic mass is 19.4. The predicted octanol–water partition coefficient (Wildman–Crippen LogP) is 4.58. The standard InChI is InChI=1S/C17H17F5N2O3/c1-9-13(15(25)26)23-24(2)14(9)11-6-5-10(4-3-7-17(20,21)22)8-12(11)27-16(18)19/h5-6,8,16H,3-4,7H2,1-2H3,(H,25,26). The Labute approximate surface area is 151 Å². The maximum atomic E-state index is 12.8. The third-order valence-electron chi connectivity index (χ3n) is 3.93. The molecule has 0 aliphatic rings. The average molecular weight is 392 g/mol. The van der Waals surface area contributed by atoms with E-state index in [1.807, 2.05) is 0 Å². The van der Waals surface area contributed by atoms with Crippen molar-refractivity contribution in [3.05, 3.63) is 35.0 Å². The van der Waals surface area contributed by atoms with Crippen molar-refractivity contribution in [2.45, 2.75) is 39.0 Å². The van der Waals surface area contributed by atoms with E-state index >= 15 is 0 Å². The Bertz CT molecular complexity index is 831. The van der Waals surface area contributed by atoms with Crippen LogP contribution in [0.15, 0.2) is 18.2 Å². The fourth-order valence-corrected chi connectivity index (χ4v) is 2.81. The largest absolute Gasteiger partial charge is 0.476 e. The third kappa shape index (κ3) is 5.18. The summed E-state index contributed by atoms with van der Waals surface area (Å²) in [7, 11) is 1.46. The summed E-state index contributed by atoms with van der Waals surface area (Å²) in [6.07, 6.45) is -5.43. The number of ether oxygens (including phenoxy) is 1. The zero-order valence-corrected chi connectivity index (χ0v) is 14.5. The number of carbonyl (C=O) groups is 1. The highest BCUT2D eigenvalue weighted by Gasteiger charge is 2.26. The van der Waals surface area contributed by atoms with Crippen molar-refractivity contribution >= 4 is 5.97 Å². The number of aryl methyl sites for hydroxylation is 2. The number of benzene rings is 1. The van der Waals surface area contributed by atoms with Crippen LogP contribution in [0.4, 0.5) is 22.0 Å². The summed E-state index contributed by atoms with van der Waals surface area (Å²) in [4.78, 5) is 11.2. The molecular formula is C17H17F5N2O3. The highest BCUT2D eigenvalue weighted by Crippen LogP contribution is 2.35. The summed E-state index contributed by atoms with van der Waals surface area (Å²) < 4.78 is 68.2. The molecule has 148 valence electrons. The van der Waals surface area contributed by atoms with Gasteiger partial charge in [-0.1, -0.05) is 6.07 Å². The number of rotatable bonds is 7. The number of hydrogen-bond donors (Lipinski definition) is 1. The Morgan fingerprint density at radius 1 is 1.33 bits per heavy atom. The highest BCUT2D eigenvalue weighted by molar-refractivity contribution is 5.90. The fraction of sp³-hybridized carbons (Fsp3) is 0.412. The van der Waals surface area contributed by atoms with E-state index in [2.05, 4.69) is 9.84 Å². The second kappa shape index (κ2) is 7.93. The molecule has 1 aromatic heterocycles. The summed E-state index contributed by atoms with van der Waals surface area (Å²) in [6.45, 7) is -1.67. The van der Waals surface area contributed by atoms with E-state index in [1.54, 1.807) is 0 Å². The summed E-state index contributed by atoms with van der Waals surface area (Å²) in [6, 6.07) is 4.15. The summed E-state index contributed by atoms with van der Waals surface area (Å²) in [5.74, 6) is -1.52. The zero-order valence-electron chi connectivity index (χ0n) is 14.5. The molecule has 1 heterocycles. The van der Waals surface area contributed by atoms with Gasteiger partial charge in [-0.2, -0.15) is 27.1 Å². The fourth-order valence-electron chi connectivity index (χ4n) is 2.81. The van der Waals surface area contributed by atoms with E-state index in [4.69, 9.17) is 5.11 Å². The first kappa shape index (κ1) is 20.7. The molecule has 0 bridgehead atoms. The van der Waals surface area contributed by atoms with Crippen molar-refractivity contribution in [3.63, 3.8) is 0 Å². The number of halogens is 5. The van der Waals surface area contributed by atoms with E-state index in [0.717, 1.165) is 0 Å². The Kier molecular flexibility index (Phi) is 6.07. The van der Waals surface area contributed by atoms with Gasteiger partial charge in [0.15, 0.2) is 5.69 Å². The van der Waals surface area contributed by atoms with Gasteiger partial charge in [0.2, 0.25) is 0 Å². The summed E-state index contributed by atoms with van der Waals surface area (Å²) >= 11 is 0. The quantitative estimate of drug-likeness (QED) is 0.701. The molecule has 2 rings (SSSR count). The second-order valence-corrected chi connectivity index (χ2v) is 5.93. The molecule has 0 amide bonds. The normalized spacial score (nSPS) is 11.9. The Morgan fingerprint density at radius 2 is 2.00 bits per heavy atom.